The van der Waals surface area contributed by atoms with Crippen molar-refractivity contribution in [2.24, 2.45) is 5.92 Å². The summed E-state index contributed by atoms with van der Waals surface area (Å²) in [5, 5.41) is 0. The average molecular weight is 332 g/mol. The molecule has 0 spiro atoms. The van der Waals surface area contributed by atoms with Crippen LogP contribution in [0.15, 0.2) is 30.3 Å². The van der Waals surface area contributed by atoms with Gasteiger partial charge in [0.05, 0.1) is 0 Å². The van der Waals surface area contributed by atoms with Gasteiger partial charge in [-0.2, -0.15) is 13.2 Å². The quantitative estimate of drug-likeness (QED) is 0.627. The molecule has 1 atom stereocenters. The van der Waals surface area contributed by atoms with E-state index in [4.69, 9.17) is 14.2 Å². The van der Waals surface area contributed by atoms with Gasteiger partial charge in [-0.3, -0.25) is 9.59 Å². The molecule has 0 radical (unpaired) electrons. The zero-order valence-corrected chi connectivity index (χ0v) is 12.4. The van der Waals surface area contributed by atoms with Crippen molar-refractivity contribution in [1.82, 2.24) is 0 Å². The molecule has 0 amide bonds. The van der Waals surface area contributed by atoms with E-state index in [2.05, 4.69) is 0 Å². The van der Waals surface area contributed by atoms with Gasteiger partial charge < -0.3 is 14.2 Å². The Balaban J connectivity index is 2.30. The summed E-state index contributed by atoms with van der Waals surface area (Å²) in [6.45, 7) is 1.10. The molecule has 1 aromatic rings. The number of carbonyl (C=O) groups excluding carboxylic acids is 2. The summed E-state index contributed by atoms with van der Waals surface area (Å²) in [6.07, 6.45) is -6.05. The average Bonchev–Trinajstić information content (AvgIpc) is 2.40. The zero-order valence-electron chi connectivity index (χ0n) is 12.4. The second-order valence-corrected chi connectivity index (χ2v) is 5.48. The van der Waals surface area contributed by atoms with Crippen molar-refractivity contribution >= 4 is 11.9 Å². The van der Waals surface area contributed by atoms with Gasteiger partial charge in [0, 0.05) is 13.8 Å². The van der Waals surface area contributed by atoms with Crippen molar-refractivity contribution < 1.29 is 37.0 Å². The Morgan fingerprint density at radius 1 is 1.13 bits per heavy atom. The molecule has 0 aliphatic carbocycles. The number of hydrogen-bond acceptors (Lipinski definition) is 5. The molecular formula is C15H15F3O5. The number of hydrogen-bond donors (Lipinski definition) is 0. The fourth-order valence-corrected chi connectivity index (χ4v) is 2.19. The molecule has 1 unspecified atom stereocenters. The normalized spacial score (nSPS) is 19.9. The van der Waals surface area contributed by atoms with Crippen LogP contribution in [-0.2, 0) is 23.8 Å². The maximum atomic E-state index is 12.5. The second kappa shape index (κ2) is 6.19. The predicted octanol–water partition coefficient (Wildman–Crippen LogP) is 2.76. The van der Waals surface area contributed by atoms with Crippen LogP contribution in [0.3, 0.4) is 0 Å². The Kier molecular flexibility index (Phi) is 4.65. The van der Waals surface area contributed by atoms with Crippen LogP contribution in [0.2, 0.25) is 0 Å². The van der Waals surface area contributed by atoms with Crippen LogP contribution in [0.1, 0.15) is 25.5 Å². The maximum Gasteiger partial charge on any atom is 0.411 e. The minimum absolute atomic E-state index is 0.246. The van der Waals surface area contributed by atoms with Crippen LogP contribution < -0.4 is 0 Å². The molecule has 5 nitrogen and oxygen atoms in total. The third kappa shape index (κ3) is 4.44. The Bertz CT molecular complexity index is 563. The highest BCUT2D eigenvalue weighted by atomic mass is 19.4. The minimum atomic E-state index is -4.60. The highest BCUT2D eigenvalue weighted by Crippen LogP contribution is 2.35. The lowest BCUT2D eigenvalue weighted by Crippen LogP contribution is -2.48. The lowest BCUT2D eigenvalue weighted by atomic mass is 9.94. The highest BCUT2D eigenvalue weighted by molar-refractivity contribution is 5.97. The van der Waals surface area contributed by atoms with Crippen molar-refractivity contribution in [3.05, 3.63) is 35.9 Å². The molecule has 0 N–H and O–H groups in total. The SMILES string of the molecule is CC1(C)OC(=O)C(C(OCC(F)(F)F)c2ccccc2)C(=O)O1. The van der Waals surface area contributed by atoms with Crippen LogP contribution in [0, 0.1) is 5.92 Å². The van der Waals surface area contributed by atoms with Crippen molar-refractivity contribution in [3.63, 3.8) is 0 Å². The van der Waals surface area contributed by atoms with E-state index in [1.807, 2.05) is 0 Å². The molecule has 1 heterocycles. The number of halogens is 3. The van der Waals surface area contributed by atoms with E-state index in [1.54, 1.807) is 18.2 Å². The number of esters is 2. The van der Waals surface area contributed by atoms with Gasteiger partial charge in [0.2, 0.25) is 0 Å². The highest BCUT2D eigenvalue weighted by Gasteiger charge is 2.49. The fourth-order valence-electron chi connectivity index (χ4n) is 2.19. The Hall–Kier alpha value is -2.09. The van der Waals surface area contributed by atoms with E-state index in [-0.39, 0.29) is 5.56 Å². The topological polar surface area (TPSA) is 61.8 Å². The summed E-state index contributed by atoms with van der Waals surface area (Å²) < 4.78 is 52.1. The van der Waals surface area contributed by atoms with Gasteiger partial charge in [0.15, 0.2) is 5.92 Å². The molecule has 0 aromatic heterocycles. The van der Waals surface area contributed by atoms with Crippen LogP contribution in [0.5, 0.6) is 0 Å². The fraction of sp³-hybridized carbons (Fsp3) is 0.467. The van der Waals surface area contributed by atoms with Crippen molar-refractivity contribution in [3.8, 4) is 0 Å². The Morgan fingerprint density at radius 2 is 1.65 bits per heavy atom. The van der Waals surface area contributed by atoms with E-state index in [0.717, 1.165) is 0 Å². The van der Waals surface area contributed by atoms with Crippen LogP contribution in [-0.4, -0.2) is 30.5 Å². The van der Waals surface area contributed by atoms with Gasteiger partial charge >= 0.3 is 18.1 Å². The number of ether oxygens (including phenoxy) is 3. The van der Waals surface area contributed by atoms with E-state index >= 15 is 0 Å². The number of rotatable bonds is 4. The summed E-state index contributed by atoms with van der Waals surface area (Å²) in [5.74, 6) is -5.05. The Labute approximate surface area is 130 Å². The van der Waals surface area contributed by atoms with E-state index in [9.17, 15) is 22.8 Å². The van der Waals surface area contributed by atoms with E-state index in [1.165, 1.54) is 26.0 Å². The number of benzene rings is 1. The van der Waals surface area contributed by atoms with Crippen molar-refractivity contribution in [2.75, 3.05) is 6.61 Å². The summed E-state index contributed by atoms with van der Waals surface area (Å²) >= 11 is 0. The molecule has 23 heavy (non-hydrogen) atoms. The first kappa shape index (κ1) is 17.3. The van der Waals surface area contributed by atoms with E-state index in [0.29, 0.717) is 0 Å². The second-order valence-electron chi connectivity index (χ2n) is 5.48. The van der Waals surface area contributed by atoms with Crippen molar-refractivity contribution in [1.29, 1.82) is 0 Å². The molecule has 1 aliphatic rings. The number of carbonyl (C=O) groups is 2. The molecule has 1 aromatic carbocycles. The molecule has 1 saturated heterocycles. The Morgan fingerprint density at radius 3 is 2.13 bits per heavy atom. The number of alkyl halides is 3. The lowest BCUT2D eigenvalue weighted by Gasteiger charge is -2.35. The van der Waals surface area contributed by atoms with Gasteiger partial charge in [-0.05, 0) is 5.56 Å². The first-order valence-corrected chi connectivity index (χ1v) is 6.78. The maximum absolute atomic E-state index is 12.5. The molecule has 0 saturated carbocycles. The zero-order chi connectivity index (χ0) is 17.3. The smallest absolute Gasteiger partial charge is 0.411 e. The third-order valence-corrected chi connectivity index (χ3v) is 3.06. The van der Waals surface area contributed by atoms with E-state index < -0.39 is 42.5 Å². The van der Waals surface area contributed by atoms with Crippen LogP contribution >= 0.6 is 0 Å². The first-order valence-electron chi connectivity index (χ1n) is 6.78. The molecule has 0 bridgehead atoms. The minimum Gasteiger partial charge on any atom is -0.422 e. The van der Waals surface area contributed by atoms with Gasteiger partial charge in [-0.15, -0.1) is 0 Å². The molecule has 126 valence electrons. The molecular weight excluding hydrogens is 317 g/mol. The van der Waals surface area contributed by atoms with Crippen LogP contribution in [0.25, 0.3) is 0 Å². The lowest BCUT2D eigenvalue weighted by molar-refractivity contribution is -0.251. The van der Waals surface area contributed by atoms with Gasteiger partial charge in [0.25, 0.3) is 5.79 Å². The van der Waals surface area contributed by atoms with Gasteiger partial charge in [-0.1, -0.05) is 30.3 Å². The predicted molar refractivity (Wildman–Crippen MR) is 70.9 cm³/mol. The third-order valence-electron chi connectivity index (χ3n) is 3.06. The molecule has 1 aliphatic heterocycles. The summed E-state index contributed by atoms with van der Waals surface area (Å²) in [6, 6.07) is 7.68. The number of cyclic esters (lactones) is 2. The van der Waals surface area contributed by atoms with Crippen molar-refractivity contribution in [2.45, 2.75) is 31.9 Å². The van der Waals surface area contributed by atoms with Gasteiger partial charge in [-0.25, -0.2) is 0 Å². The monoisotopic (exact) mass is 332 g/mol. The summed E-state index contributed by atoms with van der Waals surface area (Å²) in [5.41, 5.74) is 0.246. The summed E-state index contributed by atoms with van der Waals surface area (Å²) in [4.78, 5) is 24.2. The van der Waals surface area contributed by atoms with Gasteiger partial charge in [0.1, 0.15) is 12.7 Å². The molecule has 8 heteroatoms. The standard InChI is InChI=1S/C15H15F3O5/c1-14(2)22-12(19)10(13(20)23-14)11(21-8-15(16,17)18)9-6-4-3-5-7-9/h3-7,10-11H,8H2,1-2H3. The largest absolute Gasteiger partial charge is 0.422 e. The summed E-state index contributed by atoms with van der Waals surface area (Å²) in [7, 11) is 0. The first-order chi connectivity index (χ1) is 10.6. The van der Waals surface area contributed by atoms with Crippen LogP contribution in [0.4, 0.5) is 13.2 Å². The molecule has 1 fully saturated rings. The molecule has 2 rings (SSSR count).